The molecule has 4 aliphatic heterocycles. The van der Waals surface area contributed by atoms with Gasteiger partial charge in [-0.2, -0.15) is 0 Å². The molecule has 406 valence electrons. The Bertz CT molecular complexity index is 3940. The minimum Gasteiger partial charge on any atom is -0.334 e. The van der Waals surface area contributed by atoms with Crippen molar-refractivity contribution in [1.29, 1.82) is 0 Å². The zero-order valence-electron chi connectivity index (χ0n) is 51.0. The Kier molecular flexibility index (Phi) is 10.7. The highest BCUT2D eigenvalue weighted by atomic mass is 15.3. The van der Waals surface area contributed by atoms with Crippen LogP contribution in [0.25, 0.3) is 21.9 Å². The van der Waals surface area contributed by atoms with Crippen LogP contribution in [0.2, 0.25) is 0 Å². The van der Waals surface area contributed by atoms with Crippen LogP contribution in [0.3, 0.4) is 0 Å². The third-order valence-corrected chi connectivity index (χ3v) is 21.8. The van der Waals surface area contributed by atoms with Crippen molar-refractivity contribution in [2.45, 2.75) is 193 Å². The number of hydrogen-bond acceptors (Lipinski definition) is 3. The van der Waals surface area contributed by atoms with Crippen LogP contribution < -0.4 is 31.1 Å². The zero-order valence-corrected chi connectivity index (χ0v) is 51.0. The first-order valence-electron chi connectivity index (χ1n) is 30.5. The lowest BCUT2D eigenvalue weighted by atomic mass is 9.33. The van der Waals surface area contributed by atoms with Crippen LogP contribution in [0, 0.1) is 0 Å². The first kappa shape index (κ1) is 51.6. The van der Waals surface area contributed by atoms with Crippen LogP contribution in [0.4, 0.5) is 39.8 Å². The van der Waals surface area contributed by atoms with Gasteiger partial charge in [-0.15, -0.1) is 0 Å². The lowest BCUT2D eigenvalue weighted by Crippen LogP contribution is -2.64. The summed E-state index contributed by atoms with van der Waals surface area (Å²) in [6.45, 7) is 39.3. The lowest BCUT2D eigenvalue weighted by Gasteiger charge is -2.54. The average Bonchev–Trinajstić information content (AvgIpc) is 3.75. The summed E-state index contributed by atoms with van der Waals surface area (Å²) in [6, 6.07) is 59.0. The molecule has 4 heterocycles. The van der Waals surface area contributed by atoms with Gasteiger partial charge in [0.2, 0.25) is 0 Å². The summed E-state index contributed by atoms with van der Waals surface area (Å²) in [6.07, 6.45) is 6.94. The number of aryl methyl sites for hydroxylation is 1. The topological polar surface area (TPSA) is 9.72 Å². The summed E-state index contributed by atoms with van der Waals surface area (Å²) in [5.74, 6) is 0. The third-order valence-electron chi connectivity index (χ3n) is 21.8. The van der Waals surface area contributed by atoms with Crippen molar-refractivity contribution in [2.24, 2.45) is 0 Å². The Morgan fingerprint density at radius 2 is 1.01 bits per heavy atom. The maximum atomic E-state index is 2.95. The molecule has 3 nitrogen and oxygen atoms in total. The fraction of sp³-hybridized carbons (Fsp3) is 0.395. The average molecular weight is 1050 g/mol. The van der Waals surface area contributed by atoms with Gasteiger partial charge in [0.25, 0.3) is 6.71 Å². The van der Waals surface area contributed by atoms with E-state index in [2.05, 4.69) is 271 Å². The maximum absolute atomic E-state index is 2.95. The zero-order chi connectivity index (χ0) is 56.2. The van der Waals surface area contributed by atoms with E-state index in [-0.39, 0.29) is 50.3 Å². The monoisotopic (exact) mass is 1050 g/mol. The Balaban J connectivity index is 1.16. The Morgan fingerprint density at radius 3 is 1.73 bits per heavy atom. The van der Waals surface area contributed by atoms with E-state index >= 15 is 0 Å². The predicted molar refractivity (Wildman–Crippen MR) is 344 cm³/mol. The van der Waals surface area contributed by atoms with Gasteiger partial charge in [-0.25, -0.2) is 0 Å². The van der Waals surface area contributed by atoms with E-state index < -0.39 is 0 Å². The number of rotatable bonds is 3. The molecule has 8 aromatic rings. The van der Waals surface area contributed by atoms with Gasteiger partial charge in [0.1, 0.15) is 0 Å². The number of anilines is 7. The molecule has 14 rings (SSSR count). The highest BCUT2D eigenvalue weighted by molar-refractivity contribution is 7.00. The molecule has 8 aromatic carbocycles. The van der Waals surface area contributed by atoms with Gasteiger partial charge in [-0.05, 0) is 181 Å². The van der Waals surface area contributed by atoms with E-state index in [1.807, 2.05) is 0 Å². The minimum absolute atomic E-state index is 0.00814. The molecule has 6 aliphatic rings. The molecule has 1 fully saturated rings. The minimum atomic E-state index is -0.385. The van der Waals surface area contributed by atoms with E-state index in [1.54, 1.807) is 0 Å². The van der Waals surface area contributed by atoms with Crippen molar-refractivity contribution < 1.29 is 0 Å². The molecule has 0 spiro atoms. The van der Waals surface area contributed by atoms with Crippen LogP contribution in [0.1, 0.15) is 187 Å². The molecule has 0 aromatic heterocycles. The quantitative estimate of drug-likeness (QED) is 0.163. The van der Waals surface area contributed by atoms with Crippen molar-refractivity contribution in [3.05, 3.63) is 190 Å². The van der Waals surface area contributed by atoms with Crippen molar-refractivity contribution in [3.8, 4) is 11.1 Å². The SMILES string of the molecule is CC(C)(C)c1ccc2c(c1)B1c3cc(C(C)(C)C)cc4c3N(c3cc(N5c6ccc(C(C)(C)C)cc6C6(C)CCCCC56C)cc(c31)N2c1ccc(C(C)(C)C)cc1-c1ccc2ccccc2c1)C1(C)c2ccccc2CCC41C. The molecule has 0 bridgehead atoms. The van der Waals surface area contributed by atoms with Crippen LogP contribution >= 0.6 is 0 Å². The molecule has 4 unspecified atom stereocenters. The molecule has 0 N–H and O–H groups in total. The Labute approximate surface area is 479 Å². The van der Waals surface area contributed by atoms with Crippen LogP contribution in [0.5, 0.6) is 0 Å². The van der Waals surface area contributed by atoms with Crippen LogP contribution in [-0.4, -0.2) is 12.3 Å². The first-order chi connectivity index (χ1) is 37.7. The summed E-state index contributed by atoms with van der Waals surface area (Å²) in [4.78, 5) is 8.59. The lowest BCUT2D eigenvalue weighted by molar-refractivity contribution is 0.195. The van der Waals surface area contributed by atoms with Crippen molar-refractivity contribution in [3.63, 3.8) is 0 Å². The number of hydrogen-bond donors (Lipinski definition) is 0. The Hall–Kier alpha value is -6.52. The molecule has 0 amide bonds. The van der Waals surface area contributed by atoms with Crippen molar-refractivity contribution in [1.82, 2.24) is 0 Å². The van der Waals surface area contributed by atoms with Gasteiger partial charge in [0, 0.05) is 50.5 Å². The molecule has 1 saturated carbocycles. The van der Waals surface area contributed by atoms with E-state index in [0.29, 0.717) is 0 Å². The van der Waals surface area contributed by atoms with E-state index in [1.165, 1.54) is 142 Å². The fourth-order valence-corrected chi connectivity index (χ4v) is 16.6. The highest BCUT2D eigenvalue weighted by Crippen LogP contribution is 2.67. The summed E-state index contributed by atoms with van der Waals surface area (Å²) < 4.78 is 0. The molecular formula is C76H84BN3. The molecule has 2 aliphatic carbocycles. The second kappa shape index (κ2) is 16.6. The second-order valence-electron chi connectivity index (χ2n) is 30.5. The van der Waals surface area contributed by atoms with E-state index in [0.717, 1.165) is 19.3 Å². The van der Waals surface area contributed by atoms with Crippen LogP contribution in [0.15, 0.2) is 146 Å². The van der Waals surface area contributed by atoms with Gasteiger partial charge >= 0.3 is 0 Å². The number of nitrogens with zero attached hydrogens (tertiary/aromatic N) is 3. The maximum Gasteiger partial charge on any atom is 0.252 e. The summed E-state index contributed by atoms with van der Waals surface area (Å²) in [5.41, 5.74) is 26.7. The number of benzene rings is 8. The largest absolute Gasteiger partial charge is 0.334 e. The highest BCUT2D eigenvalue weighted by Gasteiger charge is 2.64. The van der Waals surface area contributed by atoms with E-state index in [9.17, 15) is 0 Å². The van der Waals surface area contributed by atoms with Crippen molar-refractivity contribution in [2.75, 3.05) is 14.7 Å². The van der Waals surface area contributed by atoms with Gasteiger partial charge in [-0.3, -0.25) is 0 Å². The molecule has 80 heavy (non-hydrogen) atoms. The van der Waals surface area contributed by atoms with Gasteiger partial charge in [0.05, 0.1) is 16.8 Å². The standard InChI is InChI=1S/C76H84BN3/c1-69(2,3)51-29-32-62(56(40-51)50-28-27-47-23-17-18-25-49(47)39-50)78-64-34-31-53(71(7,8)9)43-60(64)77-61-44-54(72(10,11)12)42-59-68(61)80(76(16)57-26-20-19-24-48(57)35-38-74(59,76)14)66-46-55(45-65(78)67(66)77)79-63-33-30-52(70(4,5)6)41-58(63)73(13)36-21-22-37-75(73,79)15/h17-20,23-34,39-46H,21-22,35-38H2,1-16H3. The molecule has 4 heteroatoms. The van der Waals surface area contributed by atoms with Crippen LogP contribution in [-0.2, 0) is 44.4 Å². The van der Waals surface area contributed by atoms with Crippen molar-refractivity contribution >= 4 is 73.7 Å². The second-order valence-corrected chi connectivity index (χ2v) is 30.5. The summed E-state index contributed by atoms with van der Waals surface area (Å²) >= 11 is 0. The van der Waals surface area contributed by atoms with Gasteiger partial charge < -0.3 is 14.7 Å². The normalized spacial score (nSPS) is 23.6. The number of fused-ring (bicyclic) bond motifs is 13. The molecule has 0 radical (unpaired) electrons. The molecule has 0 saturated heterocycles. The molecule has 4 atom stereocenters. The molecular weight excluding hydrogens is 966 g/mol. The first-order valence-corrected chi connectivity index (χ1v) is 30.5. The summed E-state index contributed by atoms with van der Waals surface area (Å²) in [7, 11) is 0. The smallest absolute Gasteiger partial charge is 0.252 e. The fourth-order valence-electron chi connectivity index (χ4n) is 16.6. The summed E-state index contributed by atoms with van der Waals surface area (Å²) in [5, 5.41) is 2.52. The van der Waals surface area contributed by atoms with Gasteiger partial charge in [0.15, 0.2) is 0 Å². The van der Waals surface area contributed by atoms with E-state index in [4.69, 9.17) is 0 Å². The third kappa shape index (κ3) is 6.92. The Morgan fingerprint density at radius 1 is 0.425 bits per heavy atom. The predicted octanol–water partition coefficient (Wildman–Crippen LogP) is 18.3. The van der Waals surface area contributed by atoms with Gasteiger partial charge in [-0.1, -0.05) is 213 Å².